The molecule has 0 radical (unpaired) electrons. The van der Waals surface area contributed by atoms with E-state index in [-0.39, 0.29) is 12.0 Å². The summed E-state index contributed by atoms with van der Waals surface area (Å²) in [5.74, 6) is 0.252. The van der Waals surface area contributed by atoms with Gasteiger partial charge >= 0.3 is 6.03 Å². The van der Waals surface area contributed by atoms with Crippen molar-refractivity contribution < 1.29 is 4.79 Å². The van der Waals surface area contributed by atoms with E-state index in [4.69, 9.17) is 0 Å². The standard InChI is InChI=1S/C13H13N7O/c1-2-16-13(21)18-12-17-11-5-9(3-4-20(11)19-12)10-6-14-8-15-7-10/h3-8H,2H2,1H3,(H2,16,18,19,21). The molecule has 0 aliphatic rings. The monoisotopic (exact) mass is 283 g/mol. The Kier molecular flexibility index (Phi) is 3.42. The first-order valence-electron chi connectivity index (χ1n) is 6.43. The molecule has 2 amide bonds. The van der Waals surface area contributed by atoms with Crippen LogP contribution in [0, 0.1) is 0 Å². The Bertz CT molecular complexity index is 769. The lowest BCUT2D eigenvalue weighted by Gasteiger charge is -1.99. The lowest BCUT2D eigenvalue weighted by Crippen LogP contribution is -2.28. The van der Waals surface area contributed by atoms with Gasteiger partial charge in [-0.05, 0) is 24.6 Å². The van der Waals surface area contributed by atoms with E-state index in [0.29, 0.717) is 12.2 Å². The van der Waals surface area contributed by atoms with Gasteiger partial charge in [0.2, 0.25) is 0 Å². The Morgan fingerprint density at radius 3 is 2.86 bits per heavy atom. The zero-order valence-corrected chi connectivity index (χ0v) is 11.3. The van der Waals surface area contributed by atoms with E-state index in [1.807, 2.05) is 19.1 Å². The van der Waals surface area contributed by atoms with Gasteiger partial charge in [0.25, 0.3) is 5.95 Å². The third kappa shape index (κ3) is 2.78. The number of pyridine rings is 1. The number of nitrogens with one attached hydrogen (secondary N) is 2. The fraction of sp³-hybridized carbons (Fsp3) is 0.154. The van der Waals surface area contributed by atoms with Crippen molar-refractivity contribution in [2.45, 2.75) is 6.92 Å². The molecule has 0 saturated heterocycles. The van der Waals surface area contributed by atoms with Gasteiger partial charge in [-0.2, -0.15) is 4.98 Å². The third-order valence-corrected chi connectivity index (χ3v) is 2.79. The van der Waals surface area contributed by atoms with Crippen molar-refractivity contribution in [1.82, 2.24) is 29.9 Å². The second-order valence-corrected chi connectivity index (χ2v) is 4.27. The van der Waals surface area contributed by atoms with Crippen molar-refractivity contribution in [3.63, 3.8) is 0 Å². The molecule has 8 heteroatoms. The number of rotatable bonds is 3. The number of urea groups is 1. The van der Waals surface area contributed by atoms with Crippen LogP contribution in [0.4, 0.5) is 10.7 Å². The first-order valence-corrected chi connectivity index (χ1v) is 6.43. The van der Waals surface area contributed by atoms with Gasteiger partial charge in [-0.1, -0.05) is 0 Å². The minimum Gasteiger partial charge on any atom is -0.338 e. The summed E-state index contributed by atoms with van der Waals surface area (Å²) in [6.07, 6.45) is 6.70. The van der Waals surface area contributed by atoms with Gasteiger partial charge in [0.15, 0.2) is 5.65 Å². The maximum Gasteiger partial charge on any atom is 0.321 e. The molecular weight excluding hydrogens is 270 g/mol. The fourth-order valence-electron chi connectivity index (χ4n) is 1.87. The number of fused-ring (bicyclic) bond motifs is 1. The molecule has 0 bridgehead atoms. The topological polar surface area (TPSA) is 97.1 Å². The van der Waals surface area contributed by atoms with Crippen LogP contribution in [0.25, 0.3) is 16.8 Å². The Labute approximate surface area is 120 Å². The summed E-state index contributed by atoms with van der Waals surface area (Å²) in [6, 6.07) is 3.41. The number of carbonyl (C=O) groups excluding carboxylic acids is 1. The molecular formula is C13H13N7O. The summed E-state index contributed by atoms with van der Waals surface area (Å²) in [6.45, 7) is 2.38. The van der Waals surface area contributed by atoms with Crippen LogP contribution in [-0.4, -0.2) is 37.1 Å². The second-order valence-electron chi connectivity index (χ2n) is 4.27. The highest BCUT2D eigenvalue weighted by atomic mass is 16.2. The quantitative estimate of drug-likeness (QED) is 0.755. The molecule has 0 aliphatic carbocycles. The van der Waals surface area contributed by atoms with E-state index in [2.05, 4.69) is 30.7 Å². The number of nitrogens with zero attached hydrogens (tertiary/aromatic N) is 5. The predicted molar refractivity (Wildman–Crippen MR) is 76.7 cm³/mol. The molecule has 8 nitrogen and oxygen atoms in total. The van der Waals surface area contributed by atoms with Gasteiger partial charge in [-0.25, -0.2) is 19.3 Å². The number of anilines is 1. The molecule has 0 fully saturated rings. The average molecular weight is 283 g/mol. The number of carbonyl (C=O) groups is 1. The van der Waals surface area contributed by atoms with Gasteiger partial charge in [0.1, 0.15) is 6.33 Å². The fourth-order valence-corrected chi connectivity index (χ4v) is 1.87. The van der Waals surface area contributed by atoms with E-state index in [9.17, 15) is 4.79 Å². The normalized spacial score (nSPS) is 10.5. The summed E-state index contributed by atoms with van der Waals surface area (Å²) in [7, 11) is 0. The van der Waals surface area contributed by atoms with Gasteiger partial charge in [-0.15, -0.1) is 5.10 Å². The van der Waals surface area contributed by atoms with Crippen LogP contribution in [0.5, 0.6) is 0 Å². The summed E-state index contributed by atoms with van der Waals surface area (Å²) in [4.78, 5) is 23.7. The first kappa shape index (κ1) is 13.0. The molecule has 0 spiro atoms. The first-order chi connectivity index (χ1) is 10.3. The zero-order valence-electron chi connectivity index (χ0n) is 11.3. The molecule has 0 atom stereocenters. The highest BCUT2D eigenvalue weighted by Crippen LogP contribution is 2.18. The zero-order chi connectivity index (χ0) is 14.7. The molecule has 0 aliphatic heterocycles. The molecule has 0 saturated carbocycles. The van der Waals surface area contributed by atoms with Crippen molar-refractivity contribution in [3.05, 3.63) is 37.1 Å². The maximum absolute atomic E-state index is 11.4. The number of hydrogen-bond donors (Lipinski definition) is 2. The lowest BCUT2D eigenvalue weighted by molar-refractivity contribution is 0.252. The Morgan fingerprint density at radius 1 is 1.29 bits per heavy atom. The van der Waals surface area contributed by atoms with Crippen LogP contribution >= 0.6 is 0 Å². The van der Waals surface area contributed by atoms with Gasteiger partial charge in [-0.3, -0.25) is 5.32 Å². The van der Waals surface area contributed by atoms with E-state index >= 15 is 0 Å². The molecule has 3 rings (SSSR count). The summed E-state index contributed by atoms with van der Waals surface area (Å²) >= 11 is 0. The highest BCUT2D eigenvalue weighted by Gasteiger charge is 2.08. The minimum atomic E-state index is -0.329. The van der Waals surface area contributed by atoms with Crippen molar-refractivity contribution in [1.29, 1.82) is 0 Å². The molecule has 21 heavy (non-hydrogen) atoms. The Hall–Kier alpha value is -3.03. The smallest absolute Gasteiger partial charge is 0.321 e. The van der Waals surface area contributed by atoms with Crippen LogP contribution in [0.2, 0.25) is 0 Å². The molecule has 3 aromatic heterocycles. The predicted octanol–water partition coefficient (Wildman–Crippen LogP) is 1.33. The summed E-state index contributed by atoms with van der Waals surface area (Å²) in [5.41, 5.74) is 2.45. The Morgan fingerprint density at radius 2 is 2.10 bits per heavy atom. The molecule has 3 heterocycles. The van der Waals surface area contributed by atoms with E-state index in [1.54, 1.807) is 23.1 Å². The molecule has 0 unspecified atom stereocenters. The van der Waals surface area contributed by atoms with Crippen molar-refractivity contribution in [2.75, 3.05) is 11.9 Å². The van der Waals surface area contributed by atoms with Crippen molar-refractivity contribution in [3.8, 4) is 11.1 Å². The maximum atomic E-state index is 11.4. The summed E-state index contributed by atoms with van der Waals surface area (Å²) < 4.78 is 1.59. The van der Waals surface area contributed by atoms with Gasteiger partial charge in [0, 0.05) is 30.7 Å². The van der Waals surface area contributed by atoms with E-state index in [1.165, 1.54) is 6.33 Å². The number of hydrogen-bond acceptors (Lipinski definition) is 5. The van der Waals surface area contributed by atoms with E-state index < -0.39 is 0 Å². The van der Waals surface area contributed by atoms with Crippen molar-refractivity contribution in [2.24, 2.45) is 0 Å². The SMILES string of the molecule is CCNC(=O)Nc1nc2cc(-c3cncnc3)ccn2n1. The van der Waals surface area contributed by atoms with Crippen LogP contribution in [0.15, 0.2) is 37.1 Å². The van der Waals surface area contributed by atoms with Crippen LogP contribution in [-0.2, 0) is 0 Å². The van der Waals surface area contributed by atoms with Gasteiger partial charge < -0.3 is 5.32 Å². The number of amides is 2. The van der Waals surface area contributed by atoms with Crippen LogP contribution in [0.3, 0.4) is 0 Å². The van der Waals surface area contributed by atoms with Crippen molar-refractivity contribution >= 4 is 17.6 Å². The minimum absolute atomic E-state index is 0.252. The highest BCUT2D eigenvalue weighted by molar-refractivity contribution is 5.87. The number of aromatic nitrogens is 5. The second kappa shape index (κ2) is 5.53. The third-order valence-electron chi connectivity index (χ3n) is 2.79. The lowest BCUT2D eigenvalue weighted by atomic mass is 10.1. The van der Waals surface area contributed by atoms with Gasteiger partial charge in [0.05, 0.1) is 0 Å². The molecule has 2 N–H and O–H groups in total. The molecule has 106 valence electrons. The Balaban J connectivity index is 1.90. The van der Waals surface area contributed by atoms with Crippen LogP contribution in [0.1, 0.15) is 6.92 Å². The molecule has 3 aromatic rings. The average Bonchev–Trinajstić information content (AvgIpc) is 2.89. The largest absolute Gasteiger partial charge is 0.338 e. The summed E-state index contributed by atoms with van der Waals surface area (Å²) in [5, 5.41) is 9.37. The van der Waals surface area contributed by atoms with E-state index in [0.717, 1.165) is 11.1 Å². The van der Waals surface area contributed by atoms with Crippen LogP contribution < -0.4 is 10.6 Å². The molecule has 0 aromatic carbocycles.